The van der Waals surface area contributed by atoms with Crippen LogP contribution in [-0.2, 0) is 21.2 Å². The SMILES string of the molecule is O=S(=O)(CCc1ccccc1)N1CCCOC1. The van der Waals surface area contributed by atoms with Crippen molar-refractivity contribution in [3.05, 3.63) is 35.9 Å². The van der Waals surface area contributed by atoms with Crippen LogP contribution in [0.15, 0.2) is 30.3 Å². The van der Waals surface area contributed by atoms with Crippen molar-refractivity contribution in [1.82, 2.24) is 4.31 Å². The Balaban J connectivity index is 1.93. The molecule has 94 valence electrons. The molecule has 0 atom stereocenters. The van der Waals surface area contributed by atoms with Gasteiger partial charge in [0.05, 0.1) is 5.75 Å². The highest BCUT2D eigenvalue weighted by Crippen LogP contribution is 2.10. The Hall–Kier alpha value is -0.910. The zero-order valence-corrected chi connectivity index (χ0v) is 10.5. The van der Waals surface area contributed by atoms with Gasteiger partial charge in [-0.2, -0.15) is 4.31 Å². The first kappa shape index (κ1) is 12.5. The fourth-order valence-corrected chi connectivity index (χ4v) is 3.21. The number of hydrogen-bond donors (Lipinski definition) is 0. The Morgan fingerprint density at radius 2 is 2.00 bits per heavy atom. The minimum Gasteiger partial charge on any atom is -0.365 e. The van der Waals surface area contributed by atoms with Crippen molar-refractivity contribution in [2.75, 3.05) is 25.6 Å². The average molecular weight is 255 g/mol. The van der Waals surface area contributed by atoms with E-state index in [9.17, 15) is 8.42 Å². The fourth-order valence-electron chi connectivity index (χ4n) is 1.81. The van der Waals surface area contributed by atoms with Crippen LogP contribution in [0.1, 0.15) is 12.0 Å². The lowest BCUT2D eigenvalue weighted by molar-refractivity contribution is 0.0313. The molecule has 0 radical (unpaired) electrons. The molecule has 1 aromatic carbocycles. The van der Waals surface area contributed by atoms with Gasteiger partial charge >= 0.3 is 0 Å². The molecule has 0 aliphatic carbocycles. The lowest BCUT2D eigenvalue weighted by atomic mass is 10.2. The zero-order chi connectivity index (χ0) is 12.1. The molecule has 1 aliphatic heterocycles. The van der Waals surface area contributed by atoms with Crippen LogP contribution in [-0.4, -0.2) is 38.4 Å². The molecule has 0 amide bonds. The van der Waals surface area contributed by atoms with Gasteiger partial charge in [0.25, 0.3) is 0 Å². The minimum absolute atomic E-state index is 0.153. The molecule has 0 unspecified atom stereocenters. The molecule has 0 saturated carbocycles. The third kappa shape index (κ3) is 3.52. The number of benzene rings is 1. The summed E-state index contributed by atoms with van der Waals surface area (Å²) in [5, 5.41) is 0. The van der Waals surface area contributed by atoms with Crippen LogP contribution < -0.4 is 0 Å². The molecule has 0 bridgehead atoms. The Morgan fingerprint density at radius 1 is 1.24 bits per heavy atom. The van der Waals surface area contributed by atoms with Gasteiger partial charge in [0.15, 0.2) is 0 Å². The molecule has 0 N–H and O–H groups in total. The molecule has 17 heavy (non-hydrogen) atoms. The summed E-state index contributed by atoms with van der Waals surface area (Å²) in [4.78, 5) is 0. The summed E-state index contributed by atoms with van der Waals surface area (Å²) in [5.41, 5.74) is 1.05. The maximum absolute atomic E-state index is 12.0. The number of nitrogens with zero attached hydrogens (tertiary/aromatic N) is 1. The normalized spacial score (nSPS) is 18.1. The van der Waals surface area contributed by atoms with E-state index >= 15 is 0 Å². The van der Waals surface area contributed by atoms with Gasteiger partial charge < -0.3 is 4.74 Å². The second-order valence-corrected chi connectivity index (χ2v) is 6.21. The van der Waals surface area contributed by atoms with Gasteiger partial charge in [-0.3, -0.25) is 0 Å². The number of ether oxygens (including phenoxy) is 1. The summed E-state index contributed by atoms with van der Waals surface area (Å²) >= 11 is 0. The van der Waals surface area contributed by atoms with Crippen molar-refractivity contribution in [1.29, 1.82) is 0 Å². The summed E-state index contributed by atoms with van der Waals surface area (Å²) < 4.78 is 30.6. The third-order valence-corrected chi connectivity index (χ3v) is 4.61. The van der Waals surface area contributed by atoms with Crippen LogP contribution >= 0.6 is 0 Å². The van der Waals surface area contributed by atoms with Crippen molar-refractivity contribution in [2.24, 2.45) is 0 Å². The van der Waals surface area contributed by atoms with E-state index in [4.69, 9.17) is 4.74 Å². The van der Waals surface area contributed by atoms with E-state index in [1.807, 2.05) is 30.3 Å². The predicted octanol–water partition coefficient (Wildman–Crippen LogP) is 1.24. The first-order valence-electron chi connectivity index (χ1n) is 5.78. The predicted molar refractivity (Wildman–Crippen MR) is 66.1 cm³/mol. The average Bonchev–Trinajstić information content (AvgIpc) is 2.39. The van der Waals surface area contributed by atoms with E-state index in [1.165, 1.54) is 4.31 Å². The Morgan fingerprint density at radius 3 is 2.65 bits per heavy atom. The lowest BCUT2D eigenvalue weighted by Crippen LogP contribution is -2.39. The highest BCUT2D eigenvalue weighted by Gasteiger charge is 2.23. The Kier molecular flexibility index (Phi) is 4.15. The van der Waals surface area contributed by atoms with Gasteiger partial charge in [-0.15, -0.1) is 0 Å². The molecule has 0 spiro atoms. The molecule has 1 aliphatic rings. The summed E-state index contributed by atoms with van der Waals surface area (Å²) in [7, 11) is -3.17. The maximum atomic E-state index is 12.0. The smallest absolute Gasteiger partial charge is 0.216 e. The van der Waals surface area contributed by atoms with E-state index in [0.29, 0.717) is 19.6 Å². The van der Waals surface area contributed by atoms with Crippen LogP contribution in [0.4, 0.5) is 0 Å². The van der Waals surface area contributed by atoms with E-state index in [0.717, 1.165) is 12.0 Å². The fraction of sp³-hybridized carbons (Fsp3) is 0.500. The van der Waals surface area contributed by atoms with Crippen molar-refractivity contribution in [2.45, 2.75) is 12.8 Å². The molecule has 1 saturated heterocycles. The molecular formula is C12H17NO3S. The topological polar surface area (TPSA) is 46.6 Å². The van der Waals surface area contributed by atoms with E-state index in [2.05, 4.69) is 0 Å². The van der Waals surface area contributed by atoms with Gasteiger partial charge in [0.1, 0.15) is 6.73 Å². The minimum atomic E-state index is -3.17. The highest BCUT2D eigenvalue weighted by molar-refractivity contribution is 7.89. The van der Waals surface area contributed by atoms with Crippen molar-refractivity contribution in [3.63, 3.8) is 0 Å². The summed E-state index contributed by atoms with van der Waals surface area (Å²) in [5.74, 6) is 0.153. The second-order valence-electron chi connectivity index (χ2n) is 4.12. The van der Waals surface area contributed by atoms with Gasteiger partial charge in [-0.05, 0) is 18.4 Å². The van der Waals surface area contributed by atoms with Gasteiger partial charge in [0.2, 0.25) is 10.0 Å². The molecule has 2 rings (SSSR count). The molecule has 1 fully saturated rings. The first-order chi connectivity index (χ1) is 8.18. The summed E-state index contributed by atoms with van der Waals surface area (Å²) in [6.07, 6.45) is 1.34. The number of aryl methyl sites for hydroxylation is 1. The van der Waals surface area contributed by atoms with Crippen LogP contribution in [0, 0.1) is 0 Å². The maximum Gasteiger partial charge on any atom is 0.216 e. The number of hydrogen-bond acceptors (Lipinski definition) is 3. The molecule has 1 aromatic rings. The van der Waals surface area contributed by atoms with E-state index in [1.54, 1.807) is 0 Å². The van der Waals surface area contributed by atoms with E-state index in [-0.39, 0.29) is 12.5 Å². The molecule has 4 nitrogen and oxygen atoms in total. The Labute approximate surface area is 102 Å². The van der Waals surface area contributed by atoms with Gasteiger partial charge in [-0.25, -0.2) is 8.42 Å². The Bertz CT molecular complexity index is 438. The van der Waals surface area contributed by atoms with Crippen molar-refractivity contribution in [3.8, 4) is 0 Å². The van der Waals surface area contributed by atoms with Gasteiger partial charge in [0, 0.05) is 13.2 Å². The van der Waals surface area contributed by atoms with Crippen molar-refractivity contribution >= 4 is 10.0 Å². The third-order valence-electron chi connectivity index (χ3n) is 2.82. The van der Waals surface area contributed by atoms with Crippen LogP contribution in [0.5, 0.6) is 0 Å². The molecule has 0 aromatic heterocycles. The monoisotopic (exact) mass is 255 g/mol. The largest absolute Gasteiger partial charge is 0.365 e. The van der Waals surface area contributed by atoms with Crippen molar-refractivity contribution < 1.29 is 13.2 Å². The molecule has 5 heteroatoms. The highest BCUT2D eigenvalue weighted by atomic mass is 32.2. The summed E-state index contributed by atoms with van der Waals surface area (Å²) in [6, 6.07) is 9.67. The standard InChI is InChI=1S/C12H17NO3S/c14-17(15,13-8-4-9-16-11-13)10-7-12-5-2-1-3-6-12/h1-3,5-6H,4,7-11H2. The summed E-state index contributed by atoms with van der Waals surface area (Å²) in [6.45, 7) is 1.44. The van der Waals surface area contributed by atoms with Gasteiger partial charge in [-0.1, -0.05) is 30.3 Å². The van der Waals surface area contributed by atoms with Crippen LogP contribution in [0.3, 0.4) is 0 Å². The first-order valence-corrected chi connectivity index (χ1v) is 7.39. The quantitative estimate of drug-likeness (QED) is 0.813. The lowest BCUT2D eigenvalue weighted by Gasteiger charge is -2.25. The van der Waals surface area contributed by atoms with E-state index < -0.39 is 10.0 Å². The van der Waals surface area contributed by atoms with Crippen LogP contribution in [0.2, 0.25) is 0 Å². The number of sulfonamides is 1. The molecular weight excluding hydrogens is 238 g/mol. The zero-order valence-electron chi connectivity index (χ0n) is 9.71. The molecule has 1 heterocycles. The van der Waals surface area contributed by atoms with Crippen LogP contribution in [0.25, 0.3) is 0 Å². The number of rotatable bonds is 4. The second kappa shape index (κ2) is 5.62.